The normalized spacial score (nSPS) is 11.4. The summed E-state index contributed by atoms with van der Waals surface area (Å²) in [7, 11) is 0. The highest BCUT2D eigenvalue weighted by atomic mass is 127. The van der Waals surface area contributed by atoms with Crippen LogP contribution in [0.5, 0.6) is 0 Å². The van der Waals surface area contributed by atoms with Gasteiger partial charge in [-0.1, -0.05) is 35.5 Å². The Morgan fingerprint density at radius 2 is 2.00 bits per heavy atom. The summed E-state index contributed by atoms with van der Waals surface area (Å²) in [6.07, 6.45) is 1.58. The minimum absolute atomic E-state index is 0.00643. The second-order valence-electron chi connectivity index (χ2n) is 4.38. The molecule has 0 atom stereocenters. The van der Waals surface area contributed by atoms with E-state index in [1.165, 1.54) is 11.8 Å². The Labute approximate surface area is 154 Å². The highest BCUT2D eigenvalue weighted by Gasteiger charge is 2.05. The number of aromatic nitrogens is 1. The average Bonchev–Trinajstić information content (AvgIpc) is 2.89. The number of carbonyl (C=O) groups is 1. The van der Waals surface area contributed by atoms with Gasteiger partial charge in [-0.25, -0.2) is 4.98 Å². The molecule has 0 radical (unpaired) electrons. The van der Waals surface area contributed by atoms with E-state index in [9.17, 15) is 4.79 Å². The van der Waals surface area contributed by atoms with E-state index < -0.39 is 0 Å². The highest BCUT2D eigenvalue weighted by molar-refractivity contribution is 14.1. The fourth-order valence-corrected chi connectivity index (χ4v) is 4.09. The molecule has 0 saturated carbocycles. The van der Waals surface area contributed by atoms with Crippen molar-refractivity contribution in [2.75, 3.05) is 0 Å². The number of hydrogen-bond donors (Lipinski definition) is 0. The molecule has 3 aromatic rings. The molecule has 3 rings (SSSR count). The van der Waals surface area contributed by atoms with Gasteiger partial charge in [-0.05, 0) is 64.4 Å². The molecule has 0 unspecified atom stereocenters. The fourth-order valence-electron chi connectivity index (χ4n) is 1.79. The molecule has 2 nitrogen and oxygen atoms in total. The molecule has 0 aliphatic heterocycles. The summed E-state index contributed by atoms with van der Waals surface area (Å²) < 4.78 is 3.09. The lowest BCUT2D eigenvalue weighted by Gasteiger charge is -1.95. The van der Waals surface area contributed by atoms with Gasteiger partial charge in [-0.3, -0.25) is 4.79 Å². The third kappa shape index (κ3) is 3.90. The third-order valence-electron chi connectivity index (χ3n) is 2.85. The summed E-state index contributed by atoms with van der Waals surface area (Å²) in [6.45, 7) is 0. The number of nitrogens with zero attached hydrogens (tertiary/aromatic N) is 1. The molecular formula is C16H9ClINOS2. The van der Waals surface area contributed by atoms with E-state index >= 15 is 0 Å². The van der Waals surface area contributed by atoms with Crippen LogP contribution >= 0.6 is 57.3 Å². The molecule has 110 valence electrons. The van der Waals surface area contributed by atoms with Crippen LogP contribution < -0.4 is 0 Å². The van der Waals surface area contributed by atoms with E-state index in [0.29, 0.717) is 10.6 Å². The summed E-state index contributed by atoms with van der Waals surface area (Å²) in [5, 5.41) is 2.46. The van der Waals surface area contributed by atoms with Crippen LogP contribution in [0.1, 0.15) is 10.4 Å². The smallest absolute Gasteiger partial charge is 0.186 e. The van der Waals surface area contributed by atoms with E-state index in [2.05, 4.69) is 27.6 Å². The third-order valence-corrected chi connectivity index (χ3v) is 5.74. The summed E-state index contributed by atoms with van der Waals surface area (Å²) >= 11 is 11.2. The lowest BCUT2D eigenvalue weighted by Crippen LogP contribution is -1.93. The maximum Gasteiger partial charge on any atom is 0.186 e. The van der Waals surface area contributed by atoms with Crippen molar-refractivity contribution in [2.45, 2.75) is 4.34 Å². The molecule has 0 bridgehead atoms. The minimum Gasteiger partial charge on any atom is -0.289 e. The predicted molar refractivity (Wildman–Crippen MR) is 103 cm³/mol. The lowest BCUT2D eigenvalue weighted by atomic mass is 10.1. The SMILES string of the molecule is O=C(/C=C/Sc1nc2cc(Cl)ccc2s1)c1ccc(I)cc1. The summed E-state index contributed by atoms with van der Waals surface area (Å²) in [5.74, 6) is -0.00643. The Hall–Kier alpha value is -0.890. The number of thioether (sulfide) groups is 1. The van der Waals surface area contributed by atoms with Gasteiger partial charge in [0.25, 0.3) is 0 Å². The van der Waals surface area contributed by atoms with Crippen molar-refractivity contribution in [1.29, 1.82) is 0 Å². The van der Waals surface area contributed by atoms with E-state index in [4.69, 9.17) is 11.6 Å². The number of rotatable bonds is 4. The maximum atomic E-state index is 12.0. The molecule has 22 heavy (non-hydrogen) atoms. The van der Waals surface area contributed by atoms with E-state index in [1.54, 1.807) is 22.8 Å². The first kappa shape index (κ1) is 16.0. The number of carbonyl (C=O) groups excluding carboxylic acids is 1. The van der Waals surface area contributed by atoms with E-state index in [1.807, 2.05) is 42.5 Å². The molecule has 1 heterocycles. The molecule has 0 spiro atoms. The van der Waals surface area contributed by atoms with Crippen LogP contribution in [-0.4, -0.2) is 10.8 Å². The van der Waals surface area contributed by atoms with Crippen LogP contribution in [0.3, 0.4) is 0 Å². The van der Waals surface area contributed by atoms with Gasteiger partial charge in [0.05, 0.1) is 10.2 Å². The van der Waals surface area contributed by atoms with Gasteiger partial charge in [0.1, 0.15) is 0 Å². The van der Waals surface area contributed by atoms with Gasteiger partial charge in [-0.15, -0.1) is 11.3 Å². The van der Waals surface area contributed by atoms with Gasteiger partial charge < -0.3 is 0 Å². The van der Waals surface area contributed by atoms with Crippen molar-refractivity contribution in [3.63, 3.8) is 0 Å². The molecule has 6 heteroatoms. The van der Waals surface area contributed by atoms with Gasteiger partial charge in [0.15, 0.2) is 10.1 Å². The number of thiazole rings is 1. The quantitative estimate of drug-likeness (QED) is 0.207. The Morgan fingerprint density at radius 3 is 2.77 bits per heavy atom. The van der Waals surface area contributed by atoms with Crippen molar-refractivity contribution >= 4 is 73.3 Å². The number of ketones is 1. The molecule has 0 fully saturated rings. The first-order valence-electron chi connectivity index (χ1n) is 6.31. The molecular weight excluding hydrogens is 449 g/mol. The second-order valence-corrected chi connectivity index (χ2v) is 8.25. The zero-order valence-corrected chi connectivity index (χ0v) is 15.7. The Balaban J connectivity index is 1.70. The summed E-state index contributed by atoms with van der Waals surface area (Å²) in [5.41, 5.74) is 1.57. The van der Waals surface area contributed by atoms with Crippen LogP contribution in [-0.2, 0) is 0 Å². The standard InChI is InChI=1S/C16H9ClINOS2/c17-11-3-6-15-13(9-11)19-16(22-15)21-8-7-14(20)10-1-4-12(18)5-2-10/h1-9H/b8-7+. The van der Waals surface area contributed by atoms with Gasteiger partial charge in [0.2, 0.25) is 0 Å². The Kier molecular flexibility index (Phi) is 5.18. The number of allylic oxidation sites excluding steroid dienone is 1. The van der Waals surface area contributed by atoms with E-state index in [-0.39, 0.29) is 5.78 Å². The first-order valence-corrected chi connectivity index (χ1v) is 9.46. The molecule has 0 N–H and O–H groups in total. The predicted octanol–water partition coefficient (Wildman–Crippen LogP) is 6.04. The van der Waals surface area contributed by atoms with Crippen LogP contribution in [0.15, 0.2) is 58.3 Å². The van der Waals surface area contributed by atoms with Crippen molar-refractivity contribution < 1.29 is 4.79 Å². The molecule has 2 aromatic carbocycles. The van der Waals surface area contributed by atoms with Crippen LogP contribution in [0, 0.1) is 3.57 Å². The summed E-state index contributed by atoms with van der Waals surface area (Å²) in [4.78, 5) is 16.5. The highest BCUT2D eigenvalue weighted by Crippen LogP contribution is 2.31. The van der Waals surface area contributed by atoms with Crippen molar-refractivity contribution in [1.82, 2.24) is 4.98 Å². The van der Waals surface area contributed by atoms with Gasteiger partial charge >= 0.3 is 0 Å². The number of benzene rings is 2. The Bertz CT molecular complexity index is 858. The van der Waals surface area contributed by atoms with E-state index in [0.717, 1.165) is 18.1 Å². The maximum absolute atomic E-state index is 12.0. The molecule has 0 aliphatic rings. The van der Waals surface area contributed by atoms with Crippen LogP contribution in [0.4, 0.5) is 0 Å². The van der Waals surface area contributed by atoms with Gasteiger partial charge in [0, 0.05) is 14.2 Å². The average molecular weight is 458 g/mol. The molecule has 0 aliphatic carbocycles. The first-order chi connectivity index (χ1) is 10.6. The monoisotopic (exact) mass is 457 g/mol. The minimum atomic E-state index is -0.00643. The van der Waals surface area contributed by atoms with Crippen LogP contribution in [0.25, 0.3) is 10.2 Å². The molecule has 1 aromatic heterocycles. The zero-order valence-electron chi connectivity index (χ0n) is 11.1. The number of halogens is 2. The van der Waals surface area contributed by atoms with Crippen molar-refractivity contribution in [3.05, 3.63) is 68.1 Å². The lowest BCUT2D eigenvalue weighted by molar-refractivity contribution is 0.104. The fraction of sp³-hybridized carbons (Fsp3) is 0. The van der Waals surface area contributed by atoms with Crippen molar-refractivity contribution in [3.8, 4) is 0 Å². The van der Waals surface area contributed by atoms with Crippen molar-refractivity contribution in [2.24, 2.45) is 0 Å². The zero-order chi connectivity index (χ0) is 15.5. The second kappa shape index (κ2) is 7.12. The number of fused-ring (bicyclic) bond motifs is 1. The van der Waals surface area contributed by atoms with Crippen LogP contribution in [0.2, 0.25) is 5.02 Å². The largest absolute Gasteiger partial charge is 0.289 e. The molecule has 0 saturated heterocycles. The summed E-state index contributed by atoms with van der Waals surface area (Å²) in [6, 6.07) is 13.2. The van der Waals surface area contributed by atoms with Gasteiger partial charge in [-0.2, -0.15) is 0 Å². The topological polar surface area (TPSA) is 30.0 Å². The molecule has 0 amide bonds. The number of hydrogen-bond acceptors (Lipinski definition) is 4. The Morgan fingerprint density at radius 1 is 1.23 bits per heavy atom.